The molecule has 3 nitrogen and oxygen atoms in total. The van der Waals surface area contributed by atoms with Crippen molar-refractivity contribution in [3.8, 4) is 11.4 Å². The molecule has 0 amide bonds. The first-order chi connectivity index (χ1) is 10.0. The number of hydrogen-bond acceptors (Lipinski definition) is 2. The van der Waals surface area contributed by atoms with Gasteiger partial charge in [0.05, 0.1) is 6.42 Å². The zero-order valence-electron chi connectivity index (χ0n) is 11.4. The molecule has 0 unspecified atom stereocenters. The van der Waals surface area contributed by atoms with E-state index in [9.17, 15) is 13.2 Å². The maximum absolute atomic E-state index is 12.4. The lowest BCUT2D eigenvalue weighted by molar-refractivity contribution is -0.127. The number of nitrogens with one attached hydrogen (secondary N) is 1. The Morgan fingerprint density at radius 1 is 1.24 bits per heavy atom. The highest BCUT2D eigenvalue weighted by molar-refractivity contribution is 5.56. The van der Waals surface area contributed by atoms with Crippen LogP contribution < -0.4 is 5.32 Å². The number of nitrogens with zero attached hydrogens (tertiary/aromatic N) is 2. The van der Waals surface area contributed by atoms with Gasteiger partial charge < -0.3 is 9.88 Å². The van der Waals surface area contributed by atoms with Crippen LogP contribution in [0, 0.1) is 0 Å². The third kappa shape index (κ3) is 3.26. The Morgan fingerprint density at radius 2 is 2.00 bits per heavy atom. The van der Waals surface area contributed by atoms with Crippen molar-refractivity contribution in [2.75, 3.05) is 13.1 Å². The van der Waals surface area contributed by atoms with Crippen LogP contribution in [0.4, 0.5) is 13.2 Å². The Kier molecular flexibility index (Phi) is 3.71. The average Bonchev–Trinajstić information content (AvgIpc) is 3.08. The van der Waals surface area contributed by atoms with Crippen LogP contribution >= 0.6 is 0 Å². The van der Waals surface area contributed by atoms with Gasteiger partial charge in [-0.3, -0.25) is 0 Å². The molecule has 0 bridgehead atoms. The van der Waals surface area contributed by atoms with E-state index in [2.05, 4.69) is 14.9 Å². The lowest BCUT2D eigenvalue weighted by Gasteiger charge is -2.14. The SMILES string of the molecule is FC(F)(F)Cc1ccc(-c2nccn2[C@H]2CCNC2)cc1. The molecule has 1 aromatic heterocycles. The monoisotopic (exact) mass is 295 g/mol. The van der Waals surface area contributed by atoms with Gasteiger partial charge in [0.15, 0.2) is 0 Å². The molecule has 0 saturated carbocycles. The van der Waals surface area contributed by atoms with Crippen molar-refractivity contribution in [2.24, 2.45) is 0 Å². The maximum Gasteiger partial charge on any atom is 0.393 e. The van der Waals surface area contributed by atoms with E-state index in [0.29, 0.717) is 6.04 Å². The van der Waals surface area contributed by atoms with Gasteiger partial charge in [-0.05, 0) is 18.5 Å². The molecule has 1 aliphatic heterocycles. The molecule has 0 spiro atoms. The molecular weight excluding hydrogens is 279 g/mol. The lowest BCUT2D eigenvalue weighted by atomic mass is 10.1. The summed E-state index contributed by atoms with van der Waals surface area (Å²) in [6.45, 7) is 1.88. The van der Waals surface area contributed by atoms with Crippen LogP contribution in [0.2, 0.25) is 0 Å². The minimum absolute atomic E-state index is 0.270. The molecule has 6 heteroatoms. The Balaban J connectivity index is 1.83. The van der Waals surface area contributed by atoms with E-state index in [-0.39, 0.29) is 5.56 Å². The van der Waals surface area contributed by atoms with Gasteiger partial charge in [0.2, 0.25) is 0 Å². The van der Waals surface area contributed by atoms with Gasteiger partial charge in [-0.2, -0.15) is 13.2 Å². The Morgan fingerprint density at radius 3 is 2.62 bits per heavy atom. The second-order valence-corrected chi connectivity index (χ2v) is 5.29. The van der Waals surface area contributed by atoms with Gasteiger partial charge in [-0.15, -0.1) is 0 Å². The summed E-state index contributed by atoms with van der Waals surface area (Å²) in [6.07, 6.45) is -0.368. The fraction of sp³-hybridized carbons (Fsp3) is 0.400. The molecule has 1 aliphatic rings. The number of aromatic nitrogens is 2. The fourth-order valence-electron chi connectivity index (χ4n) is 2.71. The van der Waals surface area contributed by atoms with Gasteiger partial charge >= 0.3 is 6.18 Å². The van der Waals surface area contributed by atoms with Gasteiger partial charge in [0.25, 0.3) is 0 Å². The summed E-state index contributed by atoms with van der Waals surface area (Å²) in [6, 6.07) is 6.82. The molecular formula is C15H16F3N3. The van der Waals surface area contributed by atoms with E-state index in [1.165, 1.54) is 12.1 Å². The molecule has 112 valence electrons. The molecule has 2 heterocycles. The molecule has 1 N–H and O–H groups in total. The molecule has 21 heavy (non-hydrogen) atoms. The summed E-state index contributed by atoms with van der Waals surface area (Å²) in [7, 11) is 0. The average molecular weight is 295 g/mol. The number of halogens is 3. The smallest absolute Gasteiger partial charge is 0.327 e. The Hall–Kier alpha value is -1.82. The quantitative estimate of drug-likeness (QED) is 0.942. The summed E-state index contributed by atoms with van der Waals surface area (Å²) in [5, 5.41) is 3.30. The zero-order chi connectivity index (χ0) is 14.9. The zero-order valence-corrected chi connectivity index (χ0v) is 11.4. The van der Waals surface area contributed by atoms with E-state index < -0.39 is 12.6 Å². The van der Waals surface area contributed by atoms with E-state index >= 15 is 0 Å². The van der Waals surface area contributed by atoms with E-state index in [0.717, 1.165) is 30.9 Å². The third-order valence-corrected chi connectivity index (χ3v) is 3.71. The van der Waals surface area contributed by atoms with Gasteiger partial charge in [-0.1, -0.05) is 24.3 Å². The Labute approximate surface area is 120 Å². The molecule has 2 aromatic rings. The molecule has 1 atom stereocenters. The van der Waals surface area contributed by atoms with Crippen molar-refractivity contribution in [3.63, 3.8) is 0 Å². The molecule has 1 fully saturated rings. The van der Waals surface area contributed by atoms with Crippen LogP contribution in [0.25, 0.3) is 11.4 Å². The number of hydrogen-bond donors (Lipinski definition) is 1. The highest BCUT2D eigenvalue weighted by Crippen LogP contribution is 2.26. The number of rotatable bonds is 3. The van der Waals surface area contributed by atoms with Crippen LogP contribution in [0.3, 0.4) is 0 Å². The summed E-state index contributed by atoms with van der Waals surface area (Å²) < 4.78 is 39.2. The predicted molar refractivity (Wildman–Crippen MR) is 73.9 cm³/mol. The molecule has 3 rings (SSSR count). The topological polar surface area (TPSA) is 29.9 Å². The highest BCUT2D eigenvalue weighted by atomic mass is 19.4. The van der Waals surface area contributed by atoms with Crippen molar-refractivity contribution in [1.29, 1.82) is 0 Å². The summed E-state index contributed by atoms with van der Waals surface area (Å²) in [5.74, 6) is 0.808. The van der Waals surface area contributed by atoms with Crippen molar-refractivity contribution in [1.82, 2.24) is 14.9 Å². The van der Waals surface area contributed by atoms with Crippen LogP contribution in [-0.2, 0) is 6.42 Å². The number of benzene rings is 1. The highest BCUT2D eigenvalue weighted by Gasteiger charge is 2.27. The minimum atomic E-state index is -4.17. The minimum Gasteiger partial charge on any atom is -0.327 e. The standard InChI is InChI=1S/C15H16F3N3/c16-15(17,18)9-11-1-3-12(4-2-11)14-20-7-8-21(14)13-5-6-19-10-13/h1-4,7-8,13,19H,5-6,9-10H2/t13-/m0/s1. The third-order valence-electron chi connectivity index (χ3n) is 3.71. The predicted octanol–water partition coefficient (Wildman–Crippen LogP) is 3.19. The van der Waals surface area contributed by atoms with Gasteiger partial charge in [0, 0.05) is 30.5 Å². The van der Waals surface area contributed by atoms with Crippen LogP contribution in [0.5, 0.6) is 0 Å². The summed E-state index contributed by atoms with van der Waals surface area (Å²) >= 11 is 0. The van der Waals surface area contributed by atoms with Gasteiger partial charge in [0.1, 0.15) is 5.82 Å². The molecule has 1 aromatic carbocycles. The Bertz CT molecular complexity index is 595. The second-order valence-electron chi connectivity index (χ2n) is 5.29. The van der Waals surface area contributed by atoms with Crippen LogP contribution in [0.15, 0.2) is 36.7 Å². The van der Waals surface area contributed by atoms with Crippen molar-refractivity contribution >= 4 is 0 Å². The summed E-state index contributed by atoms with van der Waals surface area (Å²) in [5.41, 5.74) is 1.12. The van der Waals surface area contributed by atoms with E-state index in [1.807, 2.05) is 6.20 Å². The van der Waals surface area contributed by atoms with Gasteiger partial charge in [-0.25, -0.2) is 4.98 Å². The number of imidazole rings is 1. The first-order valence-electron chi connectivity index (χ1n) is 6.92. The van der Waals surface area contributed by atoms with Crippen molar-refractivity contribution in [2.45, 2.75) is 25.1 Å². The lowest BCUT2D eigenvalue weighted by Crippen LogP contribution is -2.13. The number of alkyl halides is 3. The van der Waals surface area contributed by atoms with Crippen molar-refractivity contribution in [3.05, 3.63) is 42.2 Å². The molecule has 0 aliphatic carbocycles. The second kappa shape index (κ2) is 5.52. The van der Waals surface area contributed by atoms with Crippen LogP contribution in [-0.4, -0.2) is 28.8 Å². The molecule has 0 radical (unpaired) electrons. The van der Waals surface area contributed by atoms with E-state index in [1.54, 1.807) is 18.3 Å². The van der Waals surface area contributed by atoms with Crippen LogP contribution in [0.1, 0.15) is 18.0 Å². The van der Waals surface area contributed by atoms with Crippen molar-refractivity contribution < 1.29 is 13.2 Å². The largest absolute Gasteiger partial charge is 0.393 e. The summed E-state index contributed by atoms with van der Waals surface area (Å²) in [4.78, 5) is 4.35. The van der Waals surface area contributed by atoms with E-state index in [4.69, 9.17) is 0 Å². The molecule has 1 saturated heterocycles. The maximum atomic E-state index is 12.4. The first kappa shape index (κ1) is 14.1. The first-order valence-corrected chi connectivity index (χ1v) is 6.92. The normalized spacial score (nSPS) is 19.1. The fourth-order valence-corrected chi connectivity index (χ4v) is 2.71.